The number of aliphatic hydroxyl groups excluding tert-OH is 1. The summed E-state index contributed by atoms with van der Waals surface area (Å²) in [6.45, 7) is 6.62. The molecule has 9 heteroatoms. The second-order valence-electron chi connectivity index (χ2n) is 10.9. The van der Waals surface area contributed by atoms with E-state index < -0.39 is 35.4 Å². The van der Waals surface area contributed by atoms with Crippen molar-refractivity contribution in [3.05, 3.63) is 53.8 Å². The summed E-state index contributed by atoms with van der Waals surface area (Å²) >= 11 is 0. The third kappa shape index (κ3) is 6.94. The van der Waals surface area contributed by atoms with E-state index >= 15 is 4.39 Å². The minimum absolute atomic E-state index is 0.0214. The summed E-state index contributed by atoms with van der Waals surface area (Å²) in [7, 11) is 0. The van der Waals surface area contributed by atoms with E-state index in [0.717, 1.165) is 32.0 Å². The molecule has 2 aromatic carbocycles. The highest BCUT2D eigenvalue weighted by atomic mass is 19.1. The third-order valence-electron chi connectivity index (χ3n) is 8.22. The van der Waals surface area contributed by atoms with E-state index in [9.17, 15) is 19.1 Å². The zero-order chi connectivity index (χ0) is 28.2. The maximum Gasteiger partial charge on any atom is 0.254 e. The van der Waals surface area contributed by atoms with E-state index in [1.807, 2.05) is 13.8 Å². The quantitative estimate of drug-likeness (QED) is 0.469. The summed E-state index contributed by atoms with van der Waals surface area (Å²) in [5, 5.41) is 9.86. The van der Waals surface area contributed by atoms with Crippen molar-refractivity contribution in [3.8, 4) is 16.9 Å². The first kappa shape index (κ1) is 29.0. The highest BCUT2D eigenvalue weighted by Crippen LogP contribution is 2.29. The van der Waals surface area contributed by atoms with Crippen molar-refractivity contribution in [3.63, 3.8) is 0 Å². The Morgan fingerprint density at radius 3 is 2.36 bits per heavy atom. The molecule has 3 N–H and O–H groups in total. The van der Waals surface area contributed by atoms with E-state index in [1.54, 1.807) is 24.3 Å². The van der Waals surface area contributed by atoms with Crippen LogP contribution in [0.3, 0.4) is 0 Å². The predicted octanol–water partition coefficient (Wildman–Crippen LogP) is 4.17. The average Bonchev–Trinajstić information content (AvgIpc) is 3.34. The first-order valence-electron chi connectivity index (χ1n) is 13.8. The van der Waals surface area contributed by atoms with Gasteiger partial charge in [0.15, 0.2) is 0 Å². The maximum absolute atomic E-state index is 15.0. The van der Waals surface area contributed by atoms with Gasteiger partial charge in [-0.2, -0.15) is 0 Å². The van der Waals surface area contributed by atoms with Crippen LogP contribution < -0.4 is 10.5 Å². The van der Waals surface area contributed by atoms with Gasteiger partial charge >= 0.3 is 0 Å². The summed E-state index contributed by atoms with van der Waals surface area (Å²) in [6, 6.07) is 10.4. The van der Waals surface area contributed by atoms with Gasteiger partial charge in [0.05, 0.1) is 12.7 Å². The van der Waals surface area contributed by atoms with Gasteiger partial charge in [-0.1, -0.05) is 32.0 Å². The first-order valence-corrected chi connectivity index (χ1v) is 13.8. The Morgan fingerprint density at radius 1 is 1.10 bits per heavy atom. The van der Waals surface area contributed by atoms with Crippen LogP contribution in [-0.2, 0) is 4.79 Å². The topological polar surface area (TPSA) is 96.1 Å². The highest BCUT2D eigenvalue weighted by molar-refractivity contribution is 5.98. The number of piperidine rings is 1. The van der Waals surface area contributed by atoms with E-state index in [4.69, 9.17) is 10.5 Å². The molecule has 212 valence electrons. The van der Waals surface area contributed by atoms with E-state index in [0.29, 0.717) is 48.8 Å². The predicted molar refractivity (Wildman–Crippen MR) is 146 cm³/mol. The largest absolute Gasteiger partial charge is 0.493 e. The van der Waals surface area contributed by atoms with E-state index in [1.165, 1.54) is 17.0 Å². The Balaban J connectivity index is 1.31. The summed E-state index contributed by atoms with van der Waals surface area (Å²) in [5.74, 6) is -0.711. The van der Waals surface area contributed by atoms with Crippen molar-refractivity contribution in [2.75, 3.05) is 32.8 Å². The van der Waals surface area contributed by atoms with Crippen LogP contribution in [0, 0.1) is 11.7 Å². The standard InChI is InChI=1S/C30H39F2N3O4/c1-3-30(32,4-2)19-34-13-11-20(12-14-34)18-39-24-8-5-21(6-9-24)25-10-7-22(15-26(25)31)29(38)35-17-23(36)16-27(35)28(33)37/h5-10,15,20,23,27,36H,3-4,11-14,16-19H2,1-2H3,(H2,33,37)/t23-,27-/m1/s1. The fraction of sp³-hybridized carbons (Fsp3) is 0.533. The molecular formula is C30H39F2N3O4. The van der Waals surface area contributed by atoms with Crippen LogP contribution >= 0.6 is 0 Å². The monoisotopic (exact) mass is 543 g/mol. The number of halogens is 2. The molecule has 39 heavy (non-hydrogen) atoms. The summed E-state index contributed by atoms with van der Waals surface area (Å²) < 4.78 is 35.7. The summed E-state index contributed by atoms with van der Waals surface area (Å²) in [5.41, 5.74) is 5.32. The molecule has 4 rings (SSSR count). The van der Waals surface area contributed by atoms with Gasteiger partial charge in [-0.15, -0.1) is 0 Å². The molecule has 7 nitrogen and oxygen atoms in total. The number of likely N-dealkylation sites (tertiary alicyclic amines) is 2. The zero-order valence-corrected chi connectivity index (χ0v) is 22.7. The average molecular weight is 544 g/mol. The summed E-state index contributed by atoms with van der Waals surface area (Å²) in [4.78, 5) is 27.9. The first-order chi connectivity index (χ1) is 18.6. The lowest BCUT2D eigenvalue weighted by Crippen LogP contribution is -2.44. The van der Waals surface area contributed by atoms with Crippen LogP contribution in [0.4, 0.5) is 8.78 Å². The van der Waals surface area contributed by atoms with Crippen molar-refractivity contribution < 1.29 is 28.2 Å². The zero-order valence-electron chi connectivity index (χ0n) is 22.7. The van der Waals surface area contributed by atoms with Crippen molar-refractivity contribution in [2.45, 2.75) is 63.8 Å². The van der Waals surface area contributed by atoms with Crippen LogP contribution in [-0.4, -0.2) is 77.3 Å². The molecule has 2 heterocycles. The number of β-amino-alcohol motifs (C(OH)–C–C–N with tert-alkyl or cyclic N) is 1. The van der Waals surface area contributed by atoms with Crippen LogP contribution in [0.15, 0.2) is 42.5 Å². The van der Waals surface area contributed by atoms with Gasteiger partial charge < -0.3 is 25.4 Å². The number of nitrogens with zero attached hydrogens (tertiary/aromatic N) is 2. The van der Waals surface area contributed by atoms with Crippen LogP contribution in [0.5, 0.6) is 5.75 Å². The van der Waals surface area contributed by atoms with Gasteiger partial charge in [0.25, 0.3) is 5.91 Å². The lowest BCUT2D eigenvalue weighted by molar-refractivity contribution is -0.121. The molecule has 0 bridgehead atoms. The summed E-state index contributed by atoms with van der Waals surface area (Å²) in [6.07, 6.45) is 2.24. The smallest absolute Gasteiger partial charge is 0.254 e. The molecule has 2 fully saturated rings. The molecule has 2 aromatic rings. The van der Waals surface area contributed by atoms with Gasteiger partial charge in [-0.05, 0) is 74.5 Å². The number of hydrogen-bond acceptors (Lipinski definition) is 5. The SMILES string of the molecule is CCC(F)(CC)CN1CCC(COc2ccc(-c3ccc(C(=O)N4C[C@H](O)C[C@@H]4C(N)=O)cc3F)cc2)CC1. The number of rotatable bonds is 10. The maximum atomic E-state index is 15.0. The van der Waals surface area contributed by atoms with Crippen molar-refractivity contribution >= 4 is 11.8 Å². The van der Waals surface area contributed by atoms with Gasteiger partial charge in [0.2, 0.25) is 5.91 Å². The van der Waals surface area contributed by atoms with Crippen molar-refractivity contribution in [1.29, 1.82) is 0 Å². The lowest BCUT2D eigenvalue weighted by atomic mass is 9.94. The number of ether oxygens (including phenoxy) is 1. The molecule has 2 aliphatic heterocycles. The molecule has 0 radical (unpaired) electrons. The van der Waals surface area contributed by atoms with E-state index in [-0.39, 0.29) is 18.5 Å². The van der Waals surface area contributed by atoms with Gasteiger partial charge in [-0.3, -0.25) is 9.59 Å². The Bertz CT molecular complexity index is 1150. The number of alkyl halides is 1. The van der Waals surface area contributed by atoms with Gasteiger partial charge in [0.1, 0.15) is 23.3 Å². The van der Waals surface area contributed by atoms with Crippen molar-refractivity contribution in [1.82, 2.24) is 9.80 Å². The Morgan fingerprint density at radius 2 is 1.77 bits per heavy atom. The molecule has 0 saturated carbocycles. The van der Waals surface area contributed by atoms with E-state index in [2.05, 4.69) is 4.90 Å². The molecule has 0 aromatic heterocycles. The van der Waals surface area contributed by atoms with Crippen molar-refractivity contribution in [2.24, 2.45) is 11.7 Å². The van der Waals surface area contributed by atoms with Crippen LogP contribution in [0.25, 0.3) is 11.1 Å². The minimum atomic E-state index is -1.11. The molecule has 0 unspecified atom stereocenters. The second kappa shape index (κ2) is 12.4. The third-order valence-corrected chi connectivity index (χ3v) is 8.22. The molecule has 2 aliphatic rings. The second-order valence-corrected chi connectivity index (χ2v) is 10.9. The number of nitrogens with two attached hydrogens (primary N) is 1. The Labute approximate surface area is 228 Å². The molecule has 2 atom stereocenters. The number of benzene rings is 2. The normalized spacial score (nSPS) is 20.8. The number of primary amides is 1. The molecular weight excluding hydrogens is 504 g/mol. The fourth-order valence-electron chi connectivity index (χ4n) is 5.49. The fourth-order valence-corrected chi connectivity index (χ4v) is 5.49. The number of aliphatic hydroxyl groups is 1. The molecule has 0 aliphatic carbocycles. The van der Waals surface area contributed by atoms with Gasteiger partial charge in [0, 0.05) is 30.6 Å². The Kier molecular flexibility index (Phi) is 9.23. The Hall–Kier alpha value is -3.04. The minimum Gasteiger partial charge on any atom is -0.493 e. The number of carbonyl (C=O) groups excluding carboxylic acids is 2. The number of hydrogen-bond donors (Lipinski definition) is 2. The molecule has 2 saturated heterocycles. The molecule has 0 spiro atoms. The number of carbonyl (C=O) groups is 2. The highest BCUT2D eigenvalue weighted by Gasteiger charge is 2.38. The number of amides is 2. The lowest BCUT2D eigenvalue weighted by Gasteiger charge is -2.36. The van der Waals surface area contributed by atoms with Crippen LogP contribution in [0.2, 0.25) is 0 Å². The van der Waals surface area contributed by atoms with Crippen LogP contribution in [0.1, 0.15) is 56.3 Å². The van der Waals surface area contributed by atoms with Gasteiger partial charge in [-0.25, -0.2) is 8.78 Å². The molecule has 2 amide bonds.